The molecule has 2 heterocycles. The molecule has 0 aromatic carbocycles. The Bertz CT molecular complexity index is 726. The Kier molecular flexibility index (Phi) is 10.5. The number of nitrogens with one attached hydrogen (secondary N) is 2. The number of thiophene rings is 1. The summed E-state index contributed by atoms with van der Waals surface area (Å²) in [5.74, 6) is 1.76. The Morgan fingerprint density at radius 3 is 2.76 bits per heavy atom. The number of esters is 1. The topological polar surface area (TPSA) is 75.9 Å². The van der Waals surface area contributed by atoms with Crippen LogP contribution in [0.3, 0.4) is 0 Å². The van der Waals surface area contributed by atoms with Gasteiger partial charge >= 0.3 is 5.97 Å². The molecule has 29 heavy (non-hydrogen) atoms. The van der Waals surface area contributed by atoms with Gasteiger partial charge in [-0.1, -0.05) is 6.07 Å². The fourth-order valence-corrected chi connectivity index (χ4v) is 4.03. The number of hydrogen-bond donors (Lipinski definition) is 2. The van der Waals surface area contributed by atoms with Crippen molar-refractivity contribution in [1.82, 2.24) is 10.6 Å². The van der Waals surface area contributed by atoms with Crippen LogP contribution in [-0.2, 0) is 22.5 Å². The van der Waals surface area contributed by atoms with E-state index in [-0.39, 0.29) is 35.9 Å². The van der Waals surface area contributed by atoms with Crippen LogP contribution in [0.15, 0.2) is 45.3 Å². The number of carbonyl (C=O) groups is 1. The lowest BCUT2D eigenvalue weighted by Gasteiger charge is -2.29. The van der Waals surface area contributed by atoms with Crippen molar-refractivity contribution in [3.63, 3.8) is 0 Å². The van der Waals surface area contributed by atoms with Gasteiger partial charge in [0.1, 0.15) is 5.76 Å². The molecule has 8 heteroatoms. The lowest BCUT2D eigenvalue weighted by atomic mass is 9.86. The van der Waals surface area contributed by atoms with Crippen LogP contribution in [0, 0.1) is 5.92 Å². The third kappa shape index (κ3) is 8.00. The molecule has 0 unspecified atom stereocenters. The van der Waals surface area contributed by atoms with E-state index in [4.69, 9.17) is 14.1 Å². The zero-order valence-electron chi connectivity index (χ0n) is 16.8. The number of carbonyl (C=O) groups excluding carboxylic acids is 1. The van der Waals surface area contributed by atoms with E-state index in [2.05, 4.69) is 22.1 Å². The molecule has 0 aliphatic heterocycles. The molecular weight excluding hydrogens is 501 g/mol. The number of rotatable bonds is 8. The molecule has 0 atom stereocenters. The average Bonchev–Trinajstić information content (AvgIpc) is 3.41. The fourth-order valence-electron chi connectivity index (χ4n) is 3.40. The van der Waals surface area contributed by atoms with Crippen molar-refractivity contribution in [3.05, 3.63) is 46.5 Å². The van der Waals surface area contributed by atoms with Gasteiger partial charge in [0.25, 0.3) is 0 Å². The maximum absolute atomic E-state index is 11.9. The van der Waals surface area contributed by atoms with Gasteiger partial charge in [-0.15, -0.1) is 35.3 Å². The number of guanidine groups is 1. The highest BCUT2D eigenvalue weighted by Crippen LogP contribution is 2.25. The number of nitrogens with zero attached hydrogens (tertiary/aromatic N) is 1. The molecule has 1 saturated carbocycles. The SMILES string of the molecule is CCOC(=O)C1CCC(NC(=NCc2cccs2)NCCc2ccco2)CC1.I. The highest BCUT2D eigenvalue weighted by Gasteiger charge is 2.27. The molecule has 1 fully saturated rings. The largest absolute Gasteiger partial charge is 0.469 e. The van der Waals surface area contributed by atoms with E-state index in [0.29, 0.717) is 19.2 Å². The van der Waals surface area contributed by atoms with E-state index in [9.17, 15) is 4.79 Å². The summed E-state index contributed by atoms with van der Waals surface area (Å²) in [5, 5.41) is 9.03. The lowest BCUT2D eigenvalue weighted by Crippen LogP contribution is -2.46. The van der Waals surface area contributed by atoms with Crippen molar-refractivity contribution >= 4 is 47.2 Å². The Morgan fingerprint density at radius 1 is 1.28 bits per heavy atom. The first-order valence-corrected chi connectivity index (χ1v) is 10.9. The average molecular weight is 531 g/mol. The number of ether oxygens (including phenoxy) is 1. The van der Waals surface area contributed by atoms with Crippen LogP contribution in [0.1, 0.15) is 43.2 Å². The first-order valence-electron chi connectivity index (χ1n) is 10.0. The molecule has 6 nitrogen and oxygen atoms in total. The van der Waals surface area contributed by atoms with Crippen molar-refractivity contribution in [2.45, 2.75) is 51.6 Å². The second-order valence-electron chi connectivity index (χ2n) is 6.95. The van der Waals surface area contributed by atoms with E-state index in [1.807, 2.05) is 25.1 Å². The van der Waals surface area contributed by atoms with E-state index in [0.717, 1.165) is 50.4 Å². The summed E-state index contributed by atoms with van der Waals surface area (Å²) in [6.45, 7) is 3.72. The van der Waals surface area contributed by atoms with Crippen LogP contribution < -0.4 is 10.6 Å². The number of aliphatic imine (C=N–C) groups is 1. The third-order valence-electron chi connectivity index (χ3n) is 4.91. The monoisotopic (exact) mass is 531 g/mol. The maximum atomic E-state index is 11.9. The van der Waals surface area contributed by atoms with E-state index >= 15 is 0 Å². The van der Waals surface area contributed by atoms with Gasteiger partial charge in [-0.2, -0.15) is 0 Å². The second-order valence-corrected chi connectivity index (χ2v) is 7.98. The molecule has 0 saturated heterocycles. The number of hydrogen-bond acceptors (Lipinski definition) is 5. The molecule has 0 radical (unpaired) electrons. The highest BCUT2D eigenvalue weighted by atomic mass is 127. The third-order valence-corrected chi connectivity index (χ3v) is 5.77. The first kappa shape index (κ1) is 23.7. The van der Waals surface area contributed by atoms with Crippen LogP contribution in [0.25, 0.3) is 0 Å². The van der Waals surface area contributed by atoms with Gasteiger partial charge in [0.2, 0.25) is 0 Å². The van der Waals surface area contributed by atoms with Gasteiger partial charge in [-0.3, -0.25) is 4.79 Å². The molecule has 2 aromatic rings. The van der Waals surface area contributed by atoms with Crippen molar-refractivity contribution in [2.24, 2.45) is 10.9 Å². The van der Waals surface area contributed by atoms with Gasteiger partial charge in [0, 0.05) is 23.9 Å². The molecule has 1 aliphatic carbocycles. The summed E-state index contributed by atoms with van der Waals surface area (Å²) in [6.07, 6.45) is 6.12. The fraction of sp³-hybridized carbons (Fsp3) is 0.524. The van der Waals surface area contributed by atoms with Crippen LogP contribution in [0.2, 0.25) is 0 Å². The summed E-state index contributed by atoms with van der Waals surface area (Å²) >= 11 is 1.71. The van der Waals surface area contributed by atoms with Crippen LogP contribution in [-0.4, -0.2) is 31.1 Å². The highest BCUT2D eigenvalue weighted by molar-refractivity contribution is 14.0. The summed E-state index contributed by atoms with van der Waals surface area (Å²) in [5.41, 5.74) is 0. The molecule has 3 rings (SSSR count). The minimum atomic E-state index is -0.0518. The zero-order chi connectivity index (χ0) is 19.6. The van der Waals surface area contributed by atoms with Gasteiger partial charge in [-0.25, -0.2) is 4.99 Å². The molecule has 0 bridgehead atoms. The van der Waals surface area contributed by atoms with Crippen molar-refractivity contribution in [1.29, 1.82) is 0 Å². The first-order chi connectivity index (χ1) is 13.7. The molecule has 1 aliphatic rings. The quantitative estimate of drug-likeness (QED) is 0.229. The predicted molar refractivity (Wildman–Crippen MR) is 127 cm³/mol. The molecule has 160 valence electrons. The molecule has 0 amide bonds. The van der Waals surface area contributed by atoms with Gasteiger partial charge in [0.05, 0.1) is 25.3 Å². The predicted octanol–water partition coefficient (Wildman–Crippen LogP) is 4.36. The van der Waals surface area contributed by atoms with Crippen LogP contribution in [0.5, 0.6) is 0 Å². The number of halogens is 1. The van der Waals surface area contributed by atoms with Crippen molar-refractivity contribution < 1.29 is 13.9 Å². The summed E-state index contributed by atoms with van der Waals surface area (Å²) in [7, 11) is 0. The van der Waals surface area contributed by atoms with Gasteiger partial charge in [-0.05, 0) is 56.2 Å². The van der Waals surface area contributed by atoms with Gasteiger partial charge in [0.15, 0.2) is 5.96 Å². The molecule has 2 aromatic heterocycles. The minimum absolute atomic E-state index is 0. The second kappa shape index (κ2) is 12.9. The lowest BCUT2D eigenvalue weighted by molar-refractivity contribution is -0.149. The normalized spacial score (nSPS) is 19.3. The summed E-state index contributed by atoms with van der Waals surface area (Å²) in [6, 6.07) is 8.35. The Labute approximate surface area is 193 Å². The van der Waals surface area contributed by atoms with Crippen LogP contribution in [0.4, 0.5) is 0 Å². The van der Waals surface area contributed by atoms with Crippen LogP contribution >= 0.6 is 35.3 Å². The summed E-state index contributed by atoms with van der Waals surface area (Å²) in [4.78, 5) is 17.9. The molecule has 0 spiro atoms. The Balaban J connectivity index is 0.00000300. The van der Waals surface area contributed by atoms with Gasteiger partial charge < -0.3 is 19.8 Å². The Hall–Kier alpha value is -1.55. The minimum Gasteiger partial charge on any atom is -0.469 e. The molecule has 2 N–H and O–H groups in total. The maximum Gasteiger partial charge on any atom is 0.308 e. The smallest absolute Gasteiger partial charge is 0.308 e. The van der Waals surface area contributed by atoms with E-state index < -0.39 is 0 Å². The summed E-state index contributed by atoms with van der Waals surface area (Å²) < 4.78 is 10.6. The standard InChI is InChI=1S/C21H29N3O3S.HI/c1-2-26-20(25)16-7-9-17(10-8-16)24-21(23-15-19-6-4-14-28-19)22-12-11-18-5-3-13-27-18;/h3-6,13-14,16-17H,2,7-12,15H2,1H3,(H2,22,23,24);1H. The van der Waals surface area contributed by atoms with E-state index in [1.54, 1.807) is 17.6 Å². The zero-order valence-corrected chi connectivity index (χ0v) is 19.9. The van der Waals surface area contributed by atoms with E-state index in [1.165, 1.54) is 4.88 Å². The number of furan rings is 1. The molecular formula is C21H30IN3O3S. The Morgan fingerprint density at radius 2 is 2.10 bits per heavy atom. The van der Waals surface area contributed by atoms with Crippen molar-refractivity contribution in [2.75, 3.05) is 13.2 Å². The van der Waals surface area contributed by atoms with Crippen molar-refractivity contribution in [3.8, 4) is 0 Å².